The Morgan fingerprint density at radius 2 is 1.67 bits per heavy atom. The van der Waals surface area contributed by atoms with Crippen molar-refractivity contribution < 1.29 is 13.2 Å². The first-order valence-corrected chi connectivity index (χ1v) is 6.70. The van der Waals surface area contributed by atoms with Crippen molar-refractivity contribution in [3.05, 3.63) is 48.0 Å². The topological polar surface area (TPSA) is 17.0 Å². The van der Waals surface area contributed by atoms with Gasteiger partial charge in [-0.15, -0.1) is 0 Å². The SMILES string of the molecule is CNC(C)n1c2ccccc2c2ccc(C(F)(F)F)cc21. The molecule has 1 heterocycles. The van der Waals surface area contributed by atoms with Crippen LogP contribution in [0.5, 0.6) is 0 Å². The van der Waals surface area contributed by atoms with Gasteiger partial charge in [-0.25, -0.2) is 0 Å². The van der Waals surface area contributed by atoms with Crippen molar-refractivity contribution in [3.8, 4) is 0 Å². The van der Waals surface area contributed by atoms with E-state index in [9.17, 15) is 13.2 Å². The number of nitrogens with zero attached hydrogens (tertiary/aromatic N) is 1. The van der Waals surface area contributed by atoms with Gasteiger partial charge >= 0.3 is 6.18 Å². The van der Waals surface area contributed by atoms with Crippen molar-refractivity contribution in [1.29, 1.82) is 0 Å². The van der Waals surface area contributed by atoms with Crippen LogP contribution in [0.15, 0.2) is 42.5 Å². The molecule has 1 N–H and O–H groups in total. The Labute approximate surface area is 120 Å². The zero-order valence-electron chi connectivity index (χ0n) is 11.7. The summed E-state index contributed by atoms with van der Waals surface area (Å²) in [5, 5.41) is 4.89. The summed E-state index contributed by atoms with van der Waals surface area (Å²) in [5.41, 5.74) is 0.893. The zero-order chi connectivity index (χ0) is 15.2. The van der Waals surface area contributed by atoms with Crippen LogP contribution in [-0.2, 0) is 6.18 Å². The van der Waals surface area contributed by atoms with Crippen LogP contribution in [0.2, 0.25) is 0 Å². The molecule has 0 spiro atoms. The smallest absolute Gasteiger partial charge is 0.325 e. The molecule has 1 atom stereocenters. The monoisotopic (exact) mass is 292 g/mol. The third-order valence-electron chi connectivity index (χ3n) is 3.84. The van der Waals surface area contributed by atoms with Gasteiger partial charge in [-0.1, -0.05) is 24.3 Å². The molecular formula is C16H15F3N2. The van der Waals surface area contributed by atoms with Crippen molar-refractivity contribution in [2.24, 2.45) is 0 Å². The summed E-state index contributed by atoms with van der Waals surface area (Å²) in [6.07, 6.45) is -4.44. The van der Waals surface area contributed by atoms with Crippen LogP contribution in [0.1, 0.15) is 18.7 Å². The Hall–Kier alpha value is -2.01. The molecule has 21 heavy (non-hydrogen) atoms. The van der Waals surface area contributed by atoms with E-state index in [1.807, 2.05) is 35.8 Å². The van der Waals surface area contributed by atoms with Gasteiger partial charge in [0.15, 0.2) is 0 Å². The van der Waals surface area contributed by atoms with E-state index in [0.717, 1.165) is 22.4 Å². The van der Waals surface area contributed by atoms with Crippen LogP contribution < -0.4 is 5.32 Å². The van der Waals surface area contributed by atoms with Crippen LogP contribution in [0.3, 0.4) is 0 Å². The average Bonchev–Trinajstić information content (AvgIpc) is 2.79. The Kier molecular flexibility index (Phi) is 3.17. The number of aromatic nitrogens is 1. The van der Waals surface area contributed by atoms with Crippen molar-refractivity contribution in [3.63, 3.8) is 0 Å². The number of alkyl halides is 3. The van der Waals surface area contributed by atoms with Gasteiger partial charge in [-0.05, 0) is 32.2 Å². The third-order valence-corrected chi connectivity index (χ3v) is 3.84. The number of hydrogen-bond acceptors (Lipinski definition) is 1. The number of para-hydroxylation sites is 1. The fourth-order valence-corrected chi connectivity index (χ4v) is 2.72. The van der Waals surface area contributed by atoms with Crippen molar-refractivity contribution in [2.45, 2.75) is 19.3 Å². The zero-order valence-corrected chi connectivity index (χ0v) is 11.7. The van der Waals surface area contributed by atoms with E-state index < -0.39 is 11.7 Å². The van der Waals surface area contributed by atoms with Crippen molar-refractivity contribution in [2.75, 3.05) is 7.05 Å². The Balaban J connectivity index is 2.42. The molecule has 0 aliphatic heterocycles. The summed E-state index contributed by atoms with van der Waals surface area (Å²) in [6.45, 7) is 1.92. The number of fused-ring (bicyclic) bond motifs is 3. The van der Waals surface area contributed by atoms with E-state index in [2.05, 4.69) is 5.32 Å². The molecule has 1 aromatic heterocycles. The lowest BCUT2D eigenvalue weighted by Crippen LogP contribution is -2.19. The molecule has 1 unspecified atom stereocenters. The molecule has 3 rings (SSSR count). The maximum Gasteiger partial charge on any atom is 0.416 e. The van der Waals surface area contributed by atoms with E-state index in [1.54, 1.807) is 13.1 Å². The predicted octanol–water partition coefficient (Wildman–Crippen LogP) is 4.55. The second-order valence-electron chi connectivity index (χ2n) is 5.08. The summed E-state index contributed by atoms with van der Waals surface area (Å²) in [6, 6.07) is 11.6. The number of rotatable bonds is 2. The normalized spacial score (nSPS) is 14.0. The fourth-order valence-electron chi connectivity index (χ4n) is 2.72. The molecule has 2 nitrogen and oxygen atoms in total. The van der Waals surface area contributed by atoms with E-state index >= 15 is 0 Å². The quantitative estimate of drug-likeness (QED) is 0.733. The van der Waals surface area contributed by atoms with Gasteiger partial charge < -0.3 is 9.88 Å². The predicted molar refractivity (Wildman–Crippen MR) is 78.2 cm³/mol. The van der Waals surface area contributed by atoms with Gasteiger partial charge in [0.25, 0.3) is 0 Å². The second kappa shape index (κ2) is 4.77. The number of nitrogens with one attached hydrogen (secondary N) is 1. The van der Waals surface area contributed by atoms with Gasteiger partial charge in [0.05, 0.1) is 22.8 Å². The molecule has 0 fully saturated rings. The molecule has 0 radical (unpaired) electrons. The maximum atomic E-state index is 13.0. The minimum atomic E-state index is -4.33. The highest BCUT2D eigenvalue weighted by Gasteiger charge is 2.31. The van der Waals surface area contributed by atoms with Gasteiger partial charge in [-0.3, -0.25) is 0 Å². The summed E-state index contributed by atoms with van der Waals surface area (Å²) < 4.78 is 40.8. The molecule has 2 aromatic carbocycles. The first kappa shape index (κ1) is 13.9. The molecular weight excluding hydrogens is 277 g/mol. The number of hydrogen-bond donors (Lipinski definition) is 1. The van der Waals surface area contributed by atoms with Gasteiger partial charge in [0, 0.05) is 10.8 Å². The van der Waals surface area contributed by atoms with E-state index in [-0.39, 0.29) is 6.17 Å². The highest BCUT2D eigenvalue weighted by Crippen LogP contribution is 2.36. The summed E-state index contributed by atoms with van der Waals surface area (Å²) in [4.78, 5) is 0. The highest BCUT2D eigenvalue weighted by atomic mass is 19.4. The fraction of sp³-hybridized carbons (Fsp3) is 0.250. The van der Waals surface area contributed by atoms with E-state index in [1.165, 1.54) is 6.07 Å². The van der Waals surface area contributed by atoms with Crippen LogP contribution in [0.25, 0.3) is 21.8 Å². The van der Waals surface area contributed by atoms with Crippen LogP contribution in [0, 0.1) is 0 Å². The lowest BCUT2D eigenvalue weighted by atomic mass is 10.1. The first-order chi connectivity index (χ1) is 9.93. The van der Waals surface area contributed by atoms with E-state index in [0.29, 0.717) is 5.52 Å². The molecule has 5 heteroatoms. The van der Waals surface area contributed by atoms with Gasteiger partial charge in [0.2, 0.25) is 0 Å². The molecule has 0 aliphatic rings. The average molecular weight is 292 g/mol. The van der Waals surface area contributed by atoms with Crippen LogP contribution >= 0.6 is 0 Å². The van der Waals surface area contributed by atoms with Gasteiger partial charge in [-0.2, -0.15) is 13.2 Å². The Morgan fingerprint density at radius 1 is 1.00 bits per heavy atom. The standard InChI is InChI=1S/C16H15F3N2/c1-10(20-2)21-14-6-4-3-5-12(14)13-8-7-11(9-15(13)21)16(17,18)19/h3-10,20H,1-2H3. The molecule has 0 saturated carbocycles. The van der Waals surface area contributed by atoms with Crippen LogP contribution in [0.4, 0.5) is 13.2 Å². The highest BCUT2D eigenvalue weighted by molar-refractivity contribution is 6.08. The number of benzene rings is 2. The lowest BCUT2D eigenvalue weighted by molar-refractivity contribution is -0.137. The molecule has 0 bridgehead atoms. The number of halogens is 3. The molecule has 110 valence electrons. The minimum absolute atomic E-state index is 0.101. The van der Waals surface area contributed by atoms with Crippen LogP contribution in [-0.4, -0.2) is 11.6 Å². The largest absolute Gasteiger partial charge is 0.416 e. The molecule has 0 saturated heterocycles. The van der Waals surface area contributed by atoms with Crippen molar-refractivity contribution >= 4 is 21.8 Å². The van der Waals surface area contributed by atoms with Gasteiger partial charge in [0.1, 0.15) is 0 Å². The third kappa shape index (κ3) is 2.17. The lowest BCUT2D eigenvalue weighted by Gasteiger charge is -2.16. The minimum Gasteiger partial charge on any atom is -0.325 e. The Morgan fingerprint density at radius 3 is 2.33 bits per heavy atom. The molecule has 3 aromatic rings. The maximum absolute atomic E-state index is 13.0. The molecule has 0 amide bonds. The Bertz CT molecular complexity index is 802. The summed E-state index contributed by atoms with van der Waals surface area (Å²) >= 11 is 0. The second-order valence-corrected chi connectivity index (χ2v) is 5.08. The molecule has 0 aliphatic carbocycles. The summed E-state index contributed by atoms with van der Waals surface area (Å²) in [7, 11) is 1.79. The summed E-state index contributed by atoms with van der Waals surface area (Å²) in [5.74, 6) is 0. The van der Waals surface area contributed by atoms with Crippen molar-refractivity contribution in [1.82, 2.24) is 9.88 Å². The first-order valence-electron chi connectivity index (χ1n) is 6.70. The van der Waals surface area contributed by atoms with E-state index in [4.69, 9.17) is 0 Å².